The maximum Gasteiger partial charge on any atom is 0.320 e. The Balaban J connectivity index is 2.02. The minimum absolute atomic E-state index is 0.0336. The Morgan fingerprint density at radius 1 is 1.64 bits per heavy atom. The van der Waals surface area contributed by atoms with Crippen LogP contribution in [0.1, 0.15) is 0 Å². The molecule has 0 bridgehead atoms. The van der Waals surface area contributed by atoms with E-state index >= 15 is 0 Å². The molecule has 2 saturated heterocycles. The molecule has 6 nitrogen and oxygen atoms in total. The maximum absolute atomic E-state index is 11.7. The lowest BCUT2D eigenvalue weighted by molar-refractivity contribution is -0.118. The molecule has 1 atom stereocenters. The smallest absolute Gasteiger partial charge is 0.320 e. The van der Waals surface area contributed by atoms with E-state index < -0.39 is 5.91 Å². The Morgan fingerprint density at radius 2 is 2.43 bits per heavy atom. The number of nitrogens with zero attached hydrogens (tertiary/aromatic N) is 2. The van der Waals surface area contributed by atoms with E-state index in [0.717, 1.165) is 19.6 Å². The van der Waals surface area contributed by atoms with Crippen LogP contribution in [0.3, 0.4) is 0 Å². The van der Waals surface area contributed by atoms with Crippen LogP contribution in [-0.4, -0.2) is 60.5 Å². The molecule has 0 aromatic heterocycles. The highest BCUT2D eigenvalue weighted by Crippen LogP contribution is 2.16. The third-order valence-electron chi connectivity index (χ3n) is 2.64. The van der Waals surface area contributed by atoms with Crippen molar-refractivity contribution in [1.29, 1.82) is 0 Å². The standard InChI is InChI=1S/C8H14N4O2/c9-7(13)5-11-4-6-3-10-1-2-12(6)8(11)14/h6,10H,1-5H2,(H2,9,13). The summed E-state index contributed by atoms with van der Waals surface area (Å²) in [4.78, 5) is 25.7. The number of nitrogens with two attached hydrogens (primary N) is 1. The van der Waals surface area contributed by atoms with Crippen LogP contribution >= 0.6 is 0 Å². The molecule has 14 heavy (non-hydrogen) atoms. The predicted molar refractivity (Wildman–Crippen MR) is 49.5 cm³/mol. The molecule has 0 aromatic rings. The Morgan fingerprint density at radius 3 is 3.07 bits per heavy atom. The zero-order valence-electron chi connectivity index (χ0n) is 7.90. The lowest BCUT2D eigenvalue weighted by Gasteiger charge is -2.28. The molecule has 2 heterocycles. The van der Waals surface area contributed by atoms with Gasteiger partial charge in [0, 0.05) is 26.2 Å². The second-order valence-electron chi connectivity index (χ2n) is 3.68. The van der Waals surface area contributed by atoms with E-state index in [4.69, 9.17) is 5.73 Å². The SMILES string of the molecule is NC(=O)CN1CC2CNCCN2C1=O. The van der Waals surface area contributed by atoms with Crippen molar-refractivity contribution in [2.45, 2.75) is 6.04 Å². The molecule has 3 amide bonds. The average Bonchev–Trinajstić information content (AvgIpc) is 2.44. The summed E-state index contributed by atoms with van der Waals surface area (Å²) in [5.74, 6) is -0.453. The van der Waals surface area contributed by atoms with E-state index in [1.807, 2.05) is 0 Å². The molecule has 0 radical (unpaired) electrons. The lowest BCUT2D eigenvalue weighted by Crippen LogP contribution is -2.49. The van der Waals surface area contributed by atoms with Gasteiger partial charge in [-0.25, -0.2) is 4.79 Å². The monoisotopic (exact) mass is 198 g/mol. The second-order valence-corrected chi connectivity index (χ2v) is 3.68. The van der Waals surface area contributed by atoms with Crippen LogP contribution in [0, 0.1) is 0 Å². The van der Waals surface area contributed by atoms with Gasteiger partial charge < -0.3 is 20.9 Å². The summed E-state index contributed by atoms with van der Waals surface area (Å²) >= 11 is 0. The molecule has 2 aliphatic heterocycles. The fraction of sp³-hybridized carbons (Fsp3) is 0.750. The van der Waals surface area contributed by atoms with Crippen LogP contribution in [0.5, 0.6) is 0 Å². The van der Waals surface area contributed by atoms with Gasteiger partial charge in [-0.05, 0) is 0 Å². The number of piperazine rings is 1. The highest BCUT2D eigenvalue weighted by Gasteiger charge is 2.38. The number of amides is 3. The predicted octanol–water partition coefficient (Wildman–Crippen LogP) is -1.82. The van der Waals surface area contributed by atoms with Gasteiger partial charge in [0.1, 0.15) is 6.54 Å². The van der Waals surface area contributed by atoms with Gasteiger partial charge in [0.15, 0.2) is 0 Å². The molecular weight excluding hydrogens is 184 g/mol. The van der Waals surface area contributed by atoms with E-state index in [1.165, 1.54) is 4.90 Å². The van der Waals surface area contributed by atoms with Gasteiger partial charge in [-0.1, -0.05) is 0 Å². The first-order valence-electron chi connectivity index (χ1n) is 4.73. The molecular formula is C8H14N4O2. The number of urea groups is 1. The van der Waals surface area contributed by atoms with Crippen LogP contribution in [0.4, 0.5) is 4.79 Å². The van der Waals surface area contributed by atoms with Crippen molar-refractivity contribution in [2.24, 2.45) is 5.73 Å². The summed E-state index contributed by atoms with van der Waals surface area (Å²) in [5, 5.41) is 3.21. The summed E-state index contributed by atoms with van der Waals surface area (Å²) in [7, 11) is 0. The summed E-state index contributed by atoms with van der Waals surface area (Å²) in [6.07, 6.45) is 0. The quantitative estimate of drug-likeness (QED) is 0.548. The van der Waals surface area contributed by atoms with E-state index in [-0.39, 0.29) is 18.6 Å². The topological polar surface area (TPSA) is 78.7 Å². The summed E-state index contributed by atoms with van der Waals surface area (Å²) in [5.41, 5.74) is 5.06. The molecule has 2 aliphatic rings. The van der Waals surface area contributed by atoms with Gasteiger partial charge >= 0.3 is 6.03 Å². The number of hydrogen-bond acceptors (Lipinski definition) is 3. The third kappa shape index (κ3) is 1.52. The fourth-order valence-corrected chi connectivity index (χ4v) is 2.01. The summed E-state index contributed by atoms with van der Waals surface area (Å²) in [6.45, 7) is 2.99. The normalized spacial score (nSPS) is 26.6. The average molecular weight is 198 g/mol. The zero-order valence-corrected chi connectivity index (χ0v) is 7.90. The van der Waals surface area contributed by atoms with Gasteiger partial charge in [0.2, 0.25) is 5.91 Å². The van der Waals surface area contributed by atoms with Crippen molar-refractivity contribution < 1.29 is 9.59 Å². The second kappa shape index (κ2) is 3.45. The van der Waals surface area contributed by atoms with Crippen molar-refractivity contribution in [3.05, 3.63) is 0 Å². The minimum Gasteiger partial charge on any atom is -0.368 e. The number of fused-ring (bicyclic) bond motifs is 1. The van der Waals surface area contributed by atoms with Crippen molar-refractivity contribution in [3.63, 3.8) is 0 Å². The first-order valence-corrected chi connectivity index (χ1v) is 4.73. The van der Waals surface area contributed by atoms with Crippen LogP contribution in [-0.2, 0) is 4.79 Å². The van der Waals surface area contributed by atoms with Gasteiger partial charge in [-0.3, -0.25) is 4.79 Å². The number of primary amides is 1. The Hall–Kier alpha value is -1.30. The van der Waals surface area contributed by atoms with Crippen LogP contribution in [0.15, 0.2) is 0 Å². The number of rotatable bonds is 2. The van der Waals surface area contributed by atoms with Crippen molar-refractivity contribution in [3.8, 4) is 0 Å². The zero-order chi connectivity index (χ0) is 10.1. The Kier molecular flexibility index (Phi) is 2.28. The molecule has 1 unspecified atom stereocenters. The van der Waals surface area contributed by atoms with Crippen LogP contribution in [0.2, 0.25) is 0 Å². The van der Waals surface area contributed by atoms with Gasteiger partial charge in [-0.15, -0.1) is 0 Å². The molecule has 0 aromatic carbocycles. The minimum atomic E-state index is -0.453. The maximum atomic E-state index is 11.7. The summed E-state index contributed by atoms with van der Waals surface area (Å²) in [6, 6.07) is 0.144. The van der Waals surface area contributed by atoms with Gasteiger partial charge in [0.05, 0.1) is 6.04 Å². The molecule has 2 rings (SSSR count). The van der Waals surface area contributed by atoms with Crippen LogP contribution < -0.4 is 11.1 Å². The highest BCUT2D eigenvalue weighted by molar-refractivity contribution is 5.84. The molecule has 6 heteroatoms. The molecule has 3 N–H and O–H groups in total. The highest BCUT2D eigenvalue weighted by atomic mass is 16.2. The van der Waals surface area contributed by atoms with E-state index in [1.54, 1.807) is 4.90 Å². The fourth-order valence-electron chi connectivity index (χ4n) is 2.01. The Labute approximate surface area is 82.0 Å². The van der Waals surface area contributed by atoms with E-state index in [2.05, 4.69) is 5.32 Å². The van der Waals surface area contributed by atoms with Crippen molar-refractivity contribution >= 4 is 11.9 Å². The number of nitrogens with one attached hydrogen (secondary N) is 1. The lowest BCUT2D eigenvalue weighted by atomic mass is 10.2. The van der Waals surface area contributed by atoms with Crippen LogP contribution in [0.25, 0.3) is 0 Å². The van der Waals surface area contributed by atoms with Crippen molar-refractivity contribution in [2.75, 3.05) is 32.7 Å². The van der Waals surface area contributed by atoms with E-state index in [9.17, 15) is 9.59 Å². The molecule has 0 aliphatic carbocycles. The molecule has 0 spiro atoms. The third-order valence-corrected chi connectivity index (χ3v) is 2.64. The number of hydrogen-bond donors (Lipinski definition) is 2. The number of carbonyl (C=O) groups excluding carboxylic acids is 2. The van der Waals surface area contributed by atoms with Gasteiger partial charge in [-0.2, -0.15) is 0 Å². The van der Waals surface area contributed by atoms with E-state index in [0.29, 0.717) is 6.54 Å². The number of carbonyl (C=O) groups is 2. The first kappa shape index (κ1) is 9.26. The van der Waals surface area contributed by atoms with Gasteiger partial charge in [0.25, 0.3) is 0 Å². The first-order chi connectivity index (χ1) is 6.68. The molecule has 0 saturated carbocycles. The van der Waals surface area contributed by atoms with Crippen molar-refractivity contribution in [1.82, 2.24) is 15.1 Å². The largest absolute Gasteiger partial charge is 0.368 e. The molecule has 2 fully saturated rings. The molecule has 78 valence electrons. The Bertz CT molecular complexity index is 268. The summed E-state index contributed by atoms with van der Waals surface area (Å²) < 4.78 is 0.